The number of rotatable bonds is 2. The van der Waals surface area contributed by atoms with Crippen molar-refractivity contribution in [2.75, 3.05) is 0 Å². The Morgan fingerprint density at radius 1 is 0.857 bits per heavy atom. The van der Waals surface area contributed by atoms with E-state index in [1.165, 1.54) is 0 Å². The second-order valence-corrected chi connectivity index (χ2v) is 5.67. The van der Waals surface area contributed by atoms with E-state index in [4.69, 9.17) is 4.74 Å². The maximum atomic E-state index is 12.0. The van der Waals surface area contributed by atoms with Crippen LogP contribution in [0.2, 0.25) is 0 Å². The largest absolute Gasteiger partial charge is 0.442 e. The highest BCUT2D eigenvalue weighted by Crippen LogP contribution is 2.14. The summed E-state index contributed by atoms with van der Waals surface area (Å²) >= 11 is 0. The predicted octanol–water partition coefficient (Wildman–Crippen LogP) is 4.46. The highest BCUT2D eigenvalue weighted by atomic mass is 16.6. The maximum absolute atomic E-state index is 12.0. The highest BCUT2D eigenvalue weighted by molar-refractivity contribution is 6.16. The minimum Gasteiger partial charge on any atom is -0.442 e. The number of ether oxygens (including phenoxy) is 1. The van der Waals surface area contributed by atoms with Crippen molar-refractivity contribution >= 4 is 11.8 Å². The Labute approximate surface area is 125 Å². The van der Waals surface area contributed by atoms with Crippen LogP contribution in [0, 0.1) is 0 Å². The molecule has 0 radical (unpaired) electrons. The smallest absolute Gasteiger partial charge is 0.434 e. The summed E-state index contributed by atoms with van der Waals surface area (Å²) in [5.74, 6) is 0. The third-order valence-electron chi connectivity index (χ3n) is 2.69. The standard InChI is InChI=1S/C18H19NO2/c1-18(2,3)21-17(20)19-16(14-10-6-4-7-11-14)15-12-8-5-9-13-15/h4-13H,1-3H3. The van der Waals surface area contributed by atoms with Gasteiger partial charge in [-0.1, -0.05) is 60.7 Å². The third-order valence-corrected chi connectivity index (χ3v) is 2.69. The summed E-state index contributed by atoms with van der Waals surface area (Å²) < 4.78 is 5.28. The van der Waals surface area contributed by atoms with Crippen LogP contribution in [0.25, 0.3) is 0 Å². The number of hydrogen-bond donors (Lipinski definition) is 0. The minimum atomic E-state index is -0.579. The Bertz CT molecular complexity index is 584. The van der Waals surface area contributed by atoms with E-state index in [2.05, 4.69) is 4.99 Å². The average molecular weight is 281 g/mol. The van der Waals surface area contributed by atoms with Gasteiger partial charge in [0.2, 0.25) is 0 Å². The molecule has 0 fully saturated rings. The summed E-state index contributed by atoms with van der Waals surface area (Å²) in [6.07, 6.45) is -0.579. The molecular weight excluding hydrogens is 262 g/mol. The quantitative estimate of drug-likeness (QED) is 0.762. The molecule has 0 spiro atoms. The lowest BCUT2D eigenvalue weighted by Gasteiger charge is -2.18. The first-order valence-electron chi connectivity index (χ1n) is 6.88. The Hall–Kier alpha value is -2.42. The number of hydrogen-bond acceptors (Lipinski definition) is 2. The summed E-state index contributed by atoms with van der Waals surface area (Å²) in [5.41, 5.74) is 1.83. The van der Waals surface area contributed by atoms with E-state index in [9.17, 15) is 4.79 Å². The zero-order valence-electron chi connectivity index (χ0n) is 12.5. The van der Waals surface area contributed by atoms with Crippen molar-refractivity contribution in [3.63, 3.8) is 0 Å². The minimum absolute atomic E-state index is 0.556. The van der Waals surface area contributed by atoms with Gasteiger partial charge in [-0.2, -0.15) is 4.99 Å². The van der Waals surface area contributed by atoms with Crippen molar-refractivity contribution < 1.29 is 9.53 Å². The number of carbonyl (C=O) groups excluding carboxylic acids is 1. The van der Waals surface area contributed by atoms with E-state index >= 15 is 0 Å². The molecule has 2 rings (SSSR count). The number of amides is 1. The summed E-state index contributed by atoms with van der Waals surface area (Å²) in [7, 11) is 0. The Kier molecular flexibility index (Phi) is 4.53. The molecule has 0 atom stereocenters. The molecule has 0 aliphatic heterocycles. The SMILES string of the molecule is CC(C)(C)OC(=O)N=C(c1ccccc1)c1ccccc1. The van der Waals surface area contributed by atoms with Crippen LogP contribution >= 0.6 is 0 Å². The highest BCUT2D eigenvalue weighted by Gasteiger charge is 2.17. The van der Waals surface area contributed by atoms with Crippen LogP contribution in [-0.4, -0.2) is 17.4 Å². The van der Waals surface area contributed by atoms with E-state index in [1.54, 1.807) is 0 Å². The molecule has 0 saturated carbocycles. The molecule has 2 aromatic rings. The van der Waals surface area contributed by atoms with Crippen LogP contribution in [0.3, 0.4) is 0 Å². The molecule has 0 aliphatic rings. The molecular formula is C18H19NO2. The summed E-state index contributed by atoms with van der Waals surface area (Å²) in [6, 6.07) is 19.2. The van der Waals surface area contributed by atoms with Crippen LogP contribution in [-0.2, 0) is 4.74 Å². The van der Waals surface area contributed by atoms with Crippen LogP contribution in [0.4, 0.5) is 4.79 Å². The summed E-state index contributed by atoms with van der Waals surface area (Å²) in [5, 5.41) is 0. The predicted molar refractivity (Wildman–Crippen MR) is 84.8 cm³/mol. The van der Waals surface area contributed by atoms with Crippen LogP contribution in [0.15, 0.2) is 65.7 Å². The van der Waals surface area contributed by atoms with Crippen molar-refractivity contribution in [2.45, 2.75) is 26.4 Å². The fourth-order valence-electron chi connectivity index (χ4n) is 1.86. The number of aliphatic imine (C=N–C) groups is 1. The normalized spacial score (nSPS) is 10.8. The Morgan fingerprint density at radius 3 is 1.67 bits per heavy atom. The molecule has 0 N–H and O–H groups in total. The van der Waals surface area contributed by atoms with Gasteiger partial charge in [-0.15, -0.1) is 0 Å². The molecule has 3 heteroatoms. The maximum Gasteiger partial charge on any atom is 0.434 e. The molecule has 0 bridgehead atoms. The van der Waals surface area contributed by atoms with Crippen molar-refractivity contribution in [3.8, 4) is 0 Å². The molecule has 0 saturated heterocycles. The van der Waals surface area contributed by atoms with Crippen LogP contribution in [0.5, 0.6) is 0 Å². The molecule has 1 amide bonds. The van der Waals surface area contributed by atoms with E-state index in [-0.39, 0.29) is 0 Å². The first-order valence-corrected chi connectivity index (χ1v) is 6.88. The molecule has 21 heavy (non-hydrogen) atoms. The molecule has 108 valence electrons. The van der Waals surface area contributed by atoms with Gasteiger partial charge in [0.05, 0.1) is 5.71 Å². The second kappa shape index (κ2) is 6.35. The first kappa shape index (κ1) is 15.0. The topological polar surface area (TPSA) is 38.7 Å². The van der Waals surface area contributed by atoms with Gasteiger partial charge in [-0.05, 0) is 20.8 Å². The van der Waals surface area contributed by atoms with Crippen molar-refractivity contribution in [3.05, 3.63) is 71.8 Å². The van der Waals surface area contributed by atoms with E-state index in [0.29, 0.717) is 5.71 Å². The molecule has 3 nitrogen and oxygen atoms in total. The monoisotopic (exact) mass is 281 g/mol. The van der Waals surface area contributed by atoms with Gasteiger partial charge in [0.25, 0.3) is 0 Å². The number of carbonyl (C=O) groups is 1. The fourth-order valence-corrected chi connectivity index (χ4v) is 1.86. The Balaban J connectivity index is 2.40. The van der Waals surface area contributed by atoms with Gasteiger partial charge in [0, 0.05) is 11.1 Å². The third kappa shape index (κ3) is 4.56. The van der Waals surface area contributed by atoms with Crippen LogP contribution < -0.4 is 0 Å². The van der Waals surface area contributed by atoms with Crippen LogP contribution in [0.1, 0.15) is 31.9 Å². The molecule has 0 aromatic heterocycles. The molecule has 0 unspecified atom stereocenters. The van der Waals surface area contributed by atoms with E-state index in [1.807, 2.05) is 81.4 Å². The lowest BCUT2D eigenvalue weighted by atomic mass is 10.0. The van der Waals surface area contributed by atoms with Gasteiger partial charge in [-0.25, -0.2) is 4.79 Å². The summed E-state index contributed by atoms with van der Waals surface area (Å²) in [4.78, 5) is 16.2. The zero-order chi connectivity index (χ0) is 15.3. The number of nitrogens with zero attached hydrogens (tertiary/aromatic N) is 1. The van der Waals surface area contributed by atoms with Crippen molar-refractivity contribution in [2.24, 2.45) is 4.99 Å². The van der Waals surface area contributed by atoms with Gasteiger partial charge in [0.15, 0.2) is 0 Å². The molecule has 0 aliphatic carbocycles. The van der Waals surface area contributed by atoms with Crippen molar-refractivity contribution in [1.29, 1.82) is 0 Å². The fraction of sp³-hybridized carbons (Fsp3) is 0.222. The summed E-state index contributed by atoms with van der Waals surface area (Å²) in [6.45, 7) is 5.47. The first-order chi connectivity index (χ1) is 9.96. The van der Waals surface area contributed by atoms with Gasteiger partial charge < -0.3 is 4.74 Å². The van der Waals surface area contributed by atoms with Gasteiger partial charge in [-0.3, -0.25) is 0 Å². The molecule has 2 aromatic carbocycles. The van der Waals surface area contributed by atoms with Gasteiger partial charge >= 0.3 is 6.09 Å². The van der Waals surface area contributed by atoms with E-state index in [0.717, 1.165) is 11.1 Å². The average Bonchev–Trinajstić information content (AvgIpc) is 2.45. The lowest BCUT2D eigenvalue weighted by Crippen LogP contribution is -2.23. The van der Waals surface area contributed by atoms with Gasteiger partial charge in [0.1, 0.15) is 5.60 Å². The van der Waals surface area contributed by atoms with Crippen molar-refractivity contribution in [1.82, 2.24) is 0 Å². The van der Waals surface area contributed by atoms with E-state index < -0.39 is 11.7 Å². The molecule has 0 heterocycles. The zero-order valence-corrected chi connectivity index (χ0v) is 12.5. The number of benzene rings is 2. The second-order valence-electron chi connectivity index (χ2n) is 5.67. The lowest BCUT2D eigenvalue weighted by molar-refractivity contribution is 0.0604. The Morgan fingerprint density at radius 2 is 1.29 bits per heavy atom.